The van der Waals surface area contributed by atoms with Crippen molar-refractivity contribution in [2.75, 3.05) is 0 Å². The molecule has 0 atom stereocenters. The van der Waals surface area contributed by atoms with E-state index in [1.54, 1.807) is 0 Å². The van der Waals surface area contributed by atoms with Gasteiger partial charge < -0.3 is 4.98 Å². The lowest BCUT2D eigenvalue weighted by molar-refractivity contribution is -0.141. The Labute approximate surface area is 150 Å². The van der Waals surface area contributed by atoms with E-state index in [2.05, 4.69) is 35.9 Å². The third kappa shape index (κ3) is 3.87. The zero-order valence-electron chi connectivity index (χ0n) is 12.5. The van der Waals surface area contributed by atoms with Gasteiger partial charge in [-0.15, -0.1) is 0 Å². The van der Waals surface area contributed by atoms with Gasteiger partial charge in [-0.1, -0.05) is 12.1 Å². The van der Waals surface area contributed by atoms with Crippen molar-refractivity contribution in [1.29, 1.82) is 0 Å². The van der Waals surface area contributed by atoms with Gasteiger partial charge in [0.1, 0.15) is 10.3 Å². The molecule has 0 spiro atoms. The maximum absolute atomic E-state index is 13.1. The number of benzene rings is 1. The summed E-state index contributed by atoms with van der Waals surface area (Å²) in [5.74, 6) is -0.450. The van der Waals surface area contributed by atoms with E-state index in [0.29, 0.717) is 10.7 Å². The minimum atomic E-state index is -4.81. The summed E-state index contributed by atoms with van der Waals surface area (Å²) in [6.45, 7) is 0. The minimum absolute atomic E-state index is 0.0591. The summed E-state index contributed by atoms with van der Waals surface area (Å²) in [4.78, 5) is 13.8. The first kappa shape index (κ1) is 18.4. The molecule has 0 fully saturated rings. The van der Waals surface area contributed by atoms with Crippen LogP contribution in [0, 0.1) is 0 Å². The molecule has 1 N–H and O–H groups in total. The number of nitrogens with one attached hydrogen (secondary N) is 1. The molecule has 11 heteroatoms. The fourth-order valence-electron chi connectivity index (χ4n) is 2.11. The monoisotopic (exact) mass is 436 g/mol. The Bertz CT molecular complexity index is 948. The summed E-state index contributed by atoms with van der Waals surface area (Å²) in [6.07, 6.45) is -8.15. The highest BCUT2D eigenvalue weighted by Gasteiger charge is 2.35. The van der Waals surface area contributed by atoms with E-state index >= 15 is 0 Å². The van der Waals surface area contributed by atoms with E-state index < -0.39 is 29.4 Å². The van der Waals surface area contributed by atoms with Crippen LogP contribution in [0.1, 0.15) is 11.3 Å². The minimum Gasteiger partial charge on any atom is -0.330 e. The highest BCUT2D eigenvalue weighted by atomic mass is 79.9. The Kier molecular flexibility index (Phi) is 4.51. The number of imidazole rings is 1. The van der Waals surface area contributed by atoms with Crippen molar-refractivity contribution >= 4 is 15.9 Å². The van der Waals surface area contributed by atoms with Gasteiger partial charge in [0.15, 0.2) is 11.6 Å². The Morgan fingerprint density at radius 3 is 2.23 bits per heavy atom. The molecule has 3 aromatic rings. The van der Waals surface area contributed by atoms with Crippen molar-refractivity contribution in [3.8, 4) is 22.9 Å². The fourth-order valence-corrected chi connectivity index (χ4v) is 2.40. The molecule has 0 aliphatic heterocycles. The van der Waals surface area contributed by atoms with Crippen molar-refractivity contribution in [2.24, 2.45) is 0 Å². The van der Waals surface area contributed by atoms with Gasteiger partial charge in [0, 0.05) is 5.56 Å². The Morgan fingerprint density at radius 1 is 0.923 bits per heavy atom. The highest BCUT2D eigenvalue weighted by molar-refractivity contribution is 9.10. The summed E-state index contributed by atoms with van der Waals surface area (Å²) in [5.41, 5.74) is -2.72. The maximum atomic E-state index is 13.1. The number of hydrogen-bond donors (Lipinski definition) is 1. The smallest absolute Gasteiger partial charge is 0.330 e. The summed E-state index contributed by atoms with van der Waals surface area (Å²) in [5, 5.41) is 0. The topological polar surface area (TPSA) is 54.5 Å². The number of H-pyrrole nitrogens is 1. The van der Waals surface area contributed by atoms with Gasteiger partial charge in [0.25, 0.3) is 0 Å². The van der Waals surface area contributed by atoms with E-state index in [1.165, 1.54) is 12.3 Å². The second-order valence-corrected chi connectivity index (χ2v) is 5.97. The zero-order chi connectivity index (χ0) is 19.1. The molecular formula is C15H7BrF6N4. The van der Waals surface area contributed by atoms with E-state index in [0.717, 1.165) is 18.2 Å². The third-order valence-electron chi connectivity index (χ3n) is 3.26. The van der Waals surface area contributed by atoms with Gasteiger partial charge in [-0.25, -0.2) is 15.0 Å². The van der Waals surface area contributed by atoms with Gasteiger partial charge in [0.2, 0.25) is 0 Å². The van der Waals surface area contributed by atoms with Gasteiger partial charge in [-0.2, -0.15) is 26.3 Å². The van der Waals surface area contributed by atoms with E-state index in [9.17, 15) is 26.3 Å². The average Bonchev–Trinajstić information content (AvgIpc) is 2.99. The third-order valence-corrected chi connectivity index (χ3v) is 3.66. The molecule has 1 aromatic carbocycles. The second kappa shape index (κ2) is 6.38. The first-order valence-corrected chi connectivity index (χ1v) is 7.68. The van der Waals surface area contributed by atoms with E-state index in [-0.39, 0.29) is 17.1 Å². The molecule has 0 saturated heterocycles. The average molecular weight is 437 g/mol. The van der Waals surface area contributed by atoms with Gasteiger partial charge in [-0.3, -0.25) is 0 Å². The number of rotatable bonds is 2. The molecule has 136 valence electrons. The lowest BCUT2D eigenvalue weighted by Gasteiger charge is -2.11. The molecule has 0 saturated carbocycles. The van der Waals surface area contributed by atoms with Crippen LogP contribution in [0.15, 0.2) is 41.1 Å². The number of alkyl halides is 6. The number of halogens is 7. The van der Waals surface area contributed by atoms with Crippen LogP contribution in [0.4, 0.5) is 26.3 Å². The summed E-state index contributed by atoms with van der Waals surface area (Å²) < 4.78 is 78.4. The molecule has 2 heterocycles. The molecule has 0 amide bonds. The summed E-state index contributed by atoms with van der Waals surface area (Å²) in [6, 6.07) is 4.47. The van der Waals surface area contributed by atoms with Crippen molar-refractivity contribution in [3.63, 3.8) is 0 Å². The fraction of sp³-hybridized carbons (Fsp3) is 0.133. The van der Waals surface area contributed by atoms with Crippen molar-refractivity contribution in [3.05, 3.63) is 52.4 Å². The predicted molar refractivity (Wildman–Crippen MR) is 82.8 cm³/mol. The standard InChI is InChI=1S/C15H7BrF6N4/c16-11-6-23-12(26-11)13-24-9(5-10(25-13)15(20,21)22)7-2-1-3-8(4-7)14(17,18)19/h1-6H,(H,23,26). The lowest BCUT2D eigenvalue weighted by atomic mass is 10.1. The number of hydrogen-bond acceptors (Lipinski definition) is 3. The molecule has 4 nitrogen and oxygen atoms in total. The quantitative estimate of drug-likeness (QED) is 0.552. The van der Waals surface area contributed by atoms with E-state index in [4.69, 9.17) is 0 Å². The Hall–Kier alpha value is -2.43. The first-order valence-electron chi connectivity index (χ1n) is 6.89. The molecule has 26 heavy (non-hydrogen) atoms. The first-order chi connectivity index (χ1) is 12.0. The summed E-state index contributed by atoms with van der Waals surface area (Å²) >= 11 is 3.06. The molecule has 0 unspecified atom stereocenters. The highest BCUT2D eigenvalue weighted by Crippen LogP contribution is 2.34. The van der Waals surface area contributed by atoms with Crippen LogP contribution in [-0.2, 0) is 12.4 Å². The van der Waals surface area contributed by atoms with Crippen LogP contribution in [0.3, 0.4) is 0 Å². The maximum Gasteiger partial charge on any atom is 0.433 e. The van der Waals surface area contributed by atoms with Crippen LogP contribution >= 0.6 is 15.9 Å². The van der Waals surface area contributed by atoms with Gasteiger partial charge in [-0.05, 0) is 34.1 Å². The van der Waals surface area contributed by atoms with Gasteiger partial charge >= 0.3 is 12.4 Å². The lowest BCUT2D eigenvalue weighted by Crippen LogP contribution is -2.11. The molecule has 0 radical (unpaired) electrons. The van der Waals surface area contributed by atoms with Crippen LogP contribution in [0.5, 0.6) is 0 Å². The summed E-state index contributed by atoms with van der Waals surface area (Å²) in [7, 11) is 0. The molecule has 0 aliphatic carbocycles. The van der Waals surface area contributed by atoms with Crippen molar-refractivity contribution in [1.82, 2.24) is 19.9 Å². The van der Waals surface area contributed by atoms with Crippen LogP contribution in [0.25, 0.3) is 22.9 Å². The second-order valence-electron chi connectivity index (χ2n) is 5.12. The SMILES string of the molecule is FC(F)(F)c1cccc(-c2cc(C(F)(F)F)nc(-c3ncc(Br)[nH]3)n2)c1. The van der Waals surface area contributed by atoms with Crippen LogP contribution < -0.4 is 0 Å². The number of aromatic amines is 1. The van der Waals surface area contributed by atoms with Crippen LogP contribution in [0.2, 0.25) is 0 Å². The van der Waals surface area contributed by atoms with Crippen molar-refractivity contribution in [2.45, 2.75) is 12.4 Å². The molecule has 0 aliphatic rings. The van der Waals surface area contributed by atoms with Gasteiger partial charge in [0.05, 0.1) is 17.5 Å². The predicted octanol–water partition coefficient (Wildman–Crippen LogP) is 5.33. The van der Waals surface area contributed by atoms with E-state index in [1.807, 2.05) is 0 Å². The Balaban J connectivity index is 2.18. The normalized spacial score (nSPS) is 12.4. The molecule has 3 rings (SSSR count). The Morgan fingerprint density at radius 2 is 1.65 bits per heavy atom. The van der Waals surface area contributed by atoms with Crippen LogP contribution in [-0.4, -0.2) is 19.9 Å². The molecule has 0 bridgehead atoms. The molecule has 2 aromatic heterocycles. The number of aromatic nitrogens is 4. The number of nitrogens with zero attached hydrogens (tertiary/aromatic N) is 3. The molecular weight excluding hydrogens is 430 g/mol. The van der Waals surface area contributed by atoms with Crippen molar-refractivity contribution < 1.29 is 26.3 Å². The zero-order valence-corrected chi connectivity index (χ0v) is 14.0. The largest absolute Gasteiger partial charge is 0.433 e.